The van der Waals surface area contributed by atoms with Crippen LogP contribution in [0.5, 0.6) is 0 Å². The summed E-state index contributed by atoms with van der Waals surface area (Å²) in [5, 5.41) is 4.39. The Balaban J connectivity index is 1.90. The second kappa shape index (κ2) is 6.44. The van der Waals surface area contributed by atoms with E-state index in [1.807, 2.05) is 12.1 Å². The van der Waals surface area contributed by atoms with Crippen LogP contribution in [0.1, 0.15) is 26.7 Å². The SMILES string of the molecule is CCN1CCCC(C(C)Nc2ccc(Cl)cc2)C1. The molecule has 2 nitrogen and oxygen atoms in total. The molecule has 100 valence electrons. The Hall–Kier alpha value is -0.730. The minimum Gasteiger partial charge on any atom is -0.382 e. The average Bonchev–Trinajstić information content (AvgIpc) is 2.41. The predicted octanol–water partition coefficient (Wildman–Crippen LogP) is 3.87. The highest BCUT2D eigenvalue weighted by atomic mass is 35.5. The lowest BCUT2D eigenvalue weighted by Crippen LogP contribution is -2.41. The fourth-order valence-corrected chi connectivity index (χ4v) is 2.84. The Bertz CT molecular complexity index is 363. The number of hydrogen-bond acceptors (Lipinski definition) is 2. The van der Waals surface area contributed by atoms with Crippen LogP contribution >= 0.6 is 11.6 Å². The summed E-state index contributed by atoms with van der Waals surface area (Å²) >= 11 is 5.90. The van der Waals surface area contributed by atoms with Gasteiger partial charge in [0, 0.05) is 23.3 Å². The van der Waals surface area contributed by atoms with Crippen molar-refractivity contribution < 1.29 is 0 Å². The van der Waals surface area contributed by atoms with Crippen molar-refractivity contribution in [3.8, 4) is 0 Å². The minimum absolute atomic E-state index is 0.514. The van der Waals surface area contributed by atoms with Crippen molar-refractivity contribution >= 4 is 17.3 Å². The summed E-state index contributed by atoms with van der Waals surface area (Å²) in [5.74, 6) is 0.745. The fourth-order valence-electron chi connectivity index (χ4n) is 2.71. The summed E-state index contributed by atoms with van der Waals surface area (Å²) in [6.07, 6.45) is 2.66. The quantitative estimate of drug-likeness (QED) is 0.890. The molecule has 3 heteroatoms. The monoisotopic (exact) mass is 266 g/mol. The summed E-state index contributed by atoms with van der Waals surface area (Å²) in [6, 6.07) is 8.50. The predicted molar refractivity (Wildman–Crippen MR) is 79.4 cm³/mol. The molecule has 0 amide bonds. The fraction of sp³-hybridized carbons (Fsp3) is 0.600. The Morgan fingerprint density at radius 2 is 2.11 bits per heavy atom. The number of anilines is 1. The molecule has 0 radical (unpaired) electrons. The molecule has 1 aromatic rings. The van der Waals surface area contributed by atoms with Crippen LogP contribution in [0.4, 0.5) is 5.69 Å². The highest BCUT2D eigenvalue weighted by molar-refractivity contribution is 6.30. The number of rotatable bonds is 4. The zero-order chi connectivity index (χ0) is 13.0. The molecule has 1 aromatic carbocycles. The lowest BCUT2D eigenvalue weighted by Gasteiger charge is -2.35. The van der Waals surface area contributed by atoms with Gasteiger partial charge in [0.05, 0.1) is 0 Å². The van der Waals surface area contributed by atoms with Gasteiger partial charge in [-0.25, -0.2) is 0 Å². The molecule has 0 bridgehead atoms. The van der Waals surface area contributed by atoms with Gasteiger partial charge in [0.1, 0.15) is 0 Å². The van der Waals surface area contributed by atoms with Crippen molar-refractivity contribution in [1.82, 2.24) is 4.90 Å². The lowest BCUT2D eigenvalue weighted by molar-refractivity contribution is 0.172. The van der Waals surface area contributed by atoms with Crippen LogP contribution in [0.2, 0.25) is 5.02 Å². The van der Waals surface area contributed by atoms with Crippen LogP contribution in [0, 0.1) is 5.92 Å². The number of piperidine rings is 1. The van der Waals surface area contributed by atoms with E-state index in [1.54, 1.807) is 0 Å². The van der Waals surface area contributed by atoms with E-state index in [2.05, 4.69) is 36.2 Å². The normalized spacial score (nSPS) is 22.7. The summed E-state index contributed by atoms with van der Waals surface area (Å²) in [7, 11) is 0. The number of halogens is 1. The second-order valence-electron chi connectivity index (χ2n) is 5.24. The summed E-state index contributed by atoms with van der Waals surface area (Å²) in [5.41, 5.74) is 1.17. The smallest absolute Gasteiger partial charge is 0.0407 e. The van der Waals surface area contributed by atoms with Gasteiger partial charge in [0.25, 0.3) is 0 Å². The zero-order valence-corrected chi connectivity index (χ0v) is 12.1. The van der Waals surface area contributed by atoms with E-state index in [0.29, 0.717) is 6.04 Å². The van der Waals surface area contributed by atoms with E-state index in [4.69, 9.17) is 11.6 Å². The van der Waals surface area contributed by atoms with Gasteiger partial charge in [-0.1, -0.05) is 18.5 Å². The molecule has 1 aliphatic heterocycles. The summed E-state index contributed by atoms with van der Waals surface area (Å²) in [6.45, 7) is 8.20. The van der Waals surface area contributed by atoms with Crippen LogP contribution in [0.3, 0.4) is 0 Å². The molecule has 2 atom stereocenters. The molecule has 0 spiro atoms. The minimum atomic E-state index is 0.514. The molecule has 1 fully saturated rings. The highest BCUT2D eigenvalue weighted by Gasteiger charge is 2.23. The lowest BCUT2D eigenvalue weighted by atomic mass is 9.91. The van der Waals surface area contributed by atoms with Gasteiger partial charge < -0.3 is 10.2 Å². The van der Waals surface area contributed by atoms with Gasteiger partial charge in [-0.15, -0.1) is 0 Å². The van der Waals surface area contributed by atoms with Crippen molar-refractivity contribution in [3.63, 3.8) is 0 Å². The third kappa shape index (κ3) is 3.63. The van der Waals surface area contributed by atoms with E-state index < -0.39 is 0 Å². The van der Waals surface area contributed by atoms with Gasteiger partial charge in [-0.2, -0.15) is 0 Å². The van der Waals surface area contributed by atoms with E-state index in [-0.39, 0.29) is 0 Å². The first-order valence-electron chi connectivity index (χ1n) is 6.93. The molecule has 2 rings (SSSR count). The van der Waals surface area contributed by atoms with E-state index in [0.717, 1.165) is 10.9 Å². The summed E-state index contributed by atoms with van der Waals surface area (Å²) < 4.78 is 0. The van der Waals surface area contributed by atoms with Gasteiger partial charge in [-0.3, -0.25) is 0 Å². The Morgan fingerprint density at radius 3 is 2.78 bits per heavy atom. The second-order valence-corrected chi connectivity index (χ2v) is 5.67. The molecular weight excluding hydrogens is 244 g/mol. The molecule has 1 aliphatic rings. The molecule has 0 aromatic heterocycles. The first kappa shape index (κ1) is 13.7. The van der Waals surface area contributed by atoms with Gasteiger partial charge in [0.2, 0.25) is 0 Å². The number of hydrogen-bond donors (Lipinski definition) is 1. The highest BCUT2D eigenvalue weighted by Crippen LogP contribution is 2.23. The van der Waals surface area contributed by atoms with Crippen LogP contribution < -0.4 is 5.32 Å². The molecule has 0 aliphatic carbocycles. The average molecular weight is 267 g/mol. The molecule has 0 saturated carbocycles. The number of benzene rings is 1. The van der Waals surface area contributed by atoms with Crippen molar-refractivity contribution in [2.24, 2.45) is 5.92 Å². The first-order chi connectivity index (χ1) is 8.69. The first-order valence-corrected chi connectivity index (χ1v) is 7.31. The molecular formula is C15H23ClN2. The maximum absolute atomic E-state index is 5.90. The molecule has 1 N–H and O–H groups in total. The molecule has 2 unspecified atom stereocenters. The van der Waals surface area contributed by atoms with Crippen molar-refractivity contribution in [2.75, 3.05) is 25.0 Å². The Kier molecular flexibility index (Phi) is 4.90. The number of nitrogens with zero attached hydrogens (tertiary/aromatic N) is 1. The van der Waals surface area contributed by atoms with Gasteiger partial charge in [0.15, 0.2) is 0 Å². The van der Waals surface area contributed by atoms with Gasteiger partial charge in [-0.05, 0) is 63.0 Å². The Morgan fingerprint density at radius 1 is 1.39 bits per heavy atom. The summed E-state index contributed by atoms with van der Waals surface area (Å²) in [4.78, 5) is 2.55. The number of nitrogens with one attached hydrogen (secondary N) is 1. The molecule has 1 heterocycles. The third-order valence-corrected chi connectivity index (χ3v) is 4.19. The van der Waals surface area contributed by atoms with E-state index >= 15 is 0 Å². The van der Waals surface area contributed by atoms with Gasteiger partial charge >= 0.3 is 0 Å². The Labute approximate surface area is 115 Å². The maximum Gasteiger partial charge on any atom is 0.0407 e. The van der Waals surface area contributed by atoms with Crippen LogP contribution in [0.15, 0.2) is 24.3 Å². The van der Waals surface area contributed by atoms with Crippen LogP contribution in [-0.2, 0) is 0 Å². The van der Waals surface area contributed by atoms with Crippen molar-refractivity contribution in [1.29, 1.82) is 0 Å². The topological polar surface area (TPSA) is 15.3 Å². The van der Waals surface area contributed by atoms with Crippen molar-refractivity contribution in [2.45, 2.75) is 32.7 Å². The standard InChI is InChI=1S/C15H23ClN2/c1-3-18-10-4-5-13(11-18)12(2)17-15-8-6-14(16)7-9-15/h6-9,12-13,17H,3-5,10-11H2,1-2H3. The zero-order valence-electron chi connectivity index (χ0n) is 11.3. The van der Waals surface area contributed by atoms with E-state index in [9.17, 15) is 0 Å². The number of likely N-dealkylation sites (tertiary alicyclic amines) is 1. The third-order valence-electron chi connectivity index (χ3n) is 3.93. The van der Waals surface area contributed by atoms with E-state index in [1.165, 1.54) is 38.2 Å². The van der Waals surface area contributed by atoms with Crippen molar-refractivity contribution in [3.05, 3.63) is 29.3 Å². The van der Waals surface area contributed by atoms with Crippen LogP contribution in [-0.4, -0.2) is 30.6 Å². The molecule has 18 heavy (non-hydrogen) atoms. The maximum atomic E-state index is 5.90. The van der Waals surface area contributed by atoms with Crippen LogP contribution in [0.25, 0.3) is 0 Å². The largest absolute Gasteiger partial charge is 0.382 e. The molecule has 1 saturated heterocycles.